The van der Waals surface area contributed by atoms with Gasteiger partial charge >= 0.3 is 0 Å². The van der Waals surface area contributed by atoms with Crippen LogP contribution in [0.25, 0.3) is 0 Å². The van der Waals surface area contributed by atoms with Gasteiger partial charge in [0.15, 0.2) is 11.6 Å². The molecule has 0 heterocycles. The van der Waals surface area contributed by atoms with Gasteiger partial charge in [-0.2, -0.15) is 0 Å². The van der Waals surface area contributed by atoms with Crippen molar-refractivity contribution >= 4 is 27.5 Å². The Morgan fingerprint density at radius 2 is 2.18 bits per heavy atom. The van der Waals surface area contributed by atoms with Crippen molar-refractivity contribution < 1.29 is 9.13 Å². The highest BCUT2D eigenvalue weighted by Gasteiger charge is 2.07. The summed E-state index contributed by atoms with van der Waals surface area (Å²) < 4.78 is 18.3. The smallest absolute Gasteiger partial charge is 0.183 e. The topological polar surface area (TPSA) is 9.23 Å². The van der Waals surface area contributed by atoms with Crippen LogP contribution < -0.4 is 4.74 Å². The van der Waals surface area contributed by atoms with Gasteiger partial charge in [-0.05, 0) is 12.1 Å². The second kappa shape index (κ2) is 3.41. The first-order chi connectivity index (χ1) is 5.15. The van der Waals surface area contributed by atoms with E-state index in [1.54, 1.807) is 0 Å². The van der Waals surface area contributed by atoms with E-state index in [9.17, 15) is 4.39 Å². The minimum atomic E-state index is -0.530. The Morgan fingerprint density at radius 3 is 2.73 bits per heavy atom. The molecule has 0 atom stereocenters. The average Bonchev–Trinajstić information content (AvgIpc) is 1.96. The van der Waals surface area contributed by atoms with Gasteiger partial charge in [0, 0.05) is 4.47 Å². The first kappa shape index (κ1) is 8.81. The van der Waals surface area contributed by atoms with Crippen LogP contribution >= 0.6 is 27.5 Å². The molecular formula is C7H5BrClFO. The number of hydrogen-bond donors (Lipinski definition) is 0. The van der Waals surface area contributed by atoms with Crippen LogP contribution in [-0.4, -0.2) is 7.11 Å². The molecule has 0 bridgehead atoms. The number of ether oxygens (including phenoxy) is 1. The second-order valence-corrected chi connectivity index (χ2v) is 3.23. The predicted octanol–water partition coefficient (Wildman–Crippen LogP) is 3.25. The van der Waals surface area contributed by atoms with E-state index >= 15 is 0 Å². The van der Waals surface area contributed by atoms with Gasteiger partial charge in [-0.3, -0.25) is 0 Å². The average molecular weight is 239 g/mol. The van der Waals surface area contributed by atoms with E-state index in [0.717, 1.165) is 0 Å². The van der Waals surface area contributed by atoms with Crippen molar-refractivity contribution in [2.75, 3.05) is 7.11 Å². The number of rotatable bonds is 1. The third kappa shape index (κ3) is 1.84. The van der Waals surface area contributed by atoms with Crippen molar-refractivity contribution in [3.05, 3.63) is 27.4 Å². The zero-order valence-electron chi connectivity index (χ0n) is 5.70. The molecule has 1 rings (SSSR count). The Bertz CT molecular complexity index is 277. The van der Waals surface area contributed by atoms with Gasteiger partial charge < -0.3 is 4.74 Å². The van der Waals surface area contributed by atoms with Crippen LogP contribution in [0.1, 0.15) is 0 Å². The number of hydrogen-bond acceptors (Lipinski definition) is 1. The van der Waals surface area contributed by atoms with E-state index < -0.39 is 5.82 Å². The lowest BCUT2D eigenvalue weighted by atomic mass is 10.3. The molecule has 0 unspecified atom stereocenters. The van der Waals surface area contributed by atoms with Crippen molar-refractivity contribution in [2.24, 2.45) is 0 Å². The molecule has 1 nitrogen and oxygen atoms in total. The van der Waals surface area contributed by atoms with E-state index in [-0.39, 0.29) is 10.8 Å². The van der Waals surface area contributed by atoms with Gasteiger partial charge in [0.05, 0.1) is 12.1 Å². The summed E-state index contributed by atoms with van der Waals surface area (Å²) in [7, 11) is 1.39. The molecule has 0 N–H and O–H groups in total. The first-order valence-corrected chi connectivity index (χ1v) is 4.00. The lowest BCUT2D eigenvalue weighted by Gasteiger charge is -2.02. The summed E-state index contributed by atoms with van der Waals surface area (Å²) in [6.45, 7) is 0. The lowest BCUT2D eigenvalue weighted by Crippen LogP contribution is -1.88. The maximum Gasteiger partial charge on any atom is 0.183 e. The fraction of sp³-hybridized carbons (Fsp3) is 0.143. The zero-order chi connectivity index (χ0) is 8.43. The molecule has 0 radical (unpaired) electrons. The lowest BCUT2D eigenvalue weighted by molar-refractivity contribution is 0.386. The molecule has 0 aliphatic heterocycles. The number of methoxy groups -OCH3 is 1. The molecule has 1 aromatic rings. The Balaban J connectivity index is 3.24. The quantitative estimate of drug-likeness (QED) is 0.684. The summed E-state index contributed by atoms with van der Waals surface area (Å²) >= 11 is 8.67. The fourth-order valence-corrected chi connectivity index (χ4v) is 1.46. The molecule has 0 fully saturated rings. The normalized spacial score (nSPS) is 9.82. The second-order valence-electron chi connectivity index (χ2n) is 1.90. The molecule has 60 valence electrons. The summed E-state index contributed by atoms with van der Waals surface area (Å²) in [5.74, 6) is -0.387. The molecule has 4 heteroatoms. The summed E-state index contributed by atoms with van der Waals surface area (Å²) in [4.78, 5) is 0. The largest absolute Gasteiger partial charge is 0.494 e. The van der Waals surface area contributed by atoms with E-state index in [2.05, 4.69) is 15.9 Å². The standard InChI is InChI=1S/C7H5BrClFO/c1-11-6-3-4(8)2-5(9)7(6)10/h2-3H,1H3. The predicted molar refractivity (Wildman–Crippen MR) is 45.7 cm³/mol. The van der Waals surface area contributed by atoms with Crippen molar-refractivity contribution in [3.63, 3.8) is 0 Å². The Hall–Kier alpha value is -0.280. The van der Waals surface area contributed by atoms with E-state index in [1.165, 1.54) is 19.2 Å². The number of halogens is 3. The van der Waals surface area contributed by atoms with Gasteiger partial charge in [0.25, 0.3) is 0 Å². The molecule has 0 saturated heterocycles. The summed E-state index contributed by atoms with van der Waals surface area (Å²) in [6.07, 6.45) is 0. The molecule has 11 heavy (non-hydrogen) atoms. The van der Waals surface area contributed by atoms with Crippen LogP contribution in [0, 0.1) is 5.82 Å². The van der Waals surface area contributed by atoms with Crippen molar-refractivity contribution in [1.29, 1.82) is 0 Å². The molecule has 0 spiro atoms. The highest BCUT2D eigenvalue weighted by molar-refractivity contribution is 9.10. The minimum Gasteiger partial charge on any atom is -0.494 e. The molecule has 0 saturated carbocycles. The third-order valence-corrected chi connectivity index (χ3v) is 1.91. The van der Waals surface area contributed by atoms with Crippen LogP contribution in [0.15, 0.2) is 16.6 Å². The first-order valence-electron chi connectivity index (χ1n) is 2.83. The van der Waals surface area contributed by atoms with Crippen LogP contribution in [0.5, 0.6) is 5.75 Å². The number of benzene rings is 1. The molecule has 0 aliphatic carbocycles. The monoisotopic (exact) mass is 238 g/mol. The highest BCUT2D eigenvalue weighted by Crippen LogP contribution is 2.28. The van der Waals surface area contributed by atoms with E-state index in [4.69, 9.17) is 16.3 Å². The fourth-order valence-electron chi connectivity index (χ4n) is 0.681. The minimum absolute atomic E-state index is 0.0521. The van der Waals surface area contributed by atoms with Crippen molar-refractivity contribution in [3.8, 4) is 5.75 Å². The highest BCUT2D eigenvalue weighted by atomic mass is 79.9. The van der Waals surface area contributed by atoms with Crippen LogP contribution in [0.3, 0.4) is 0 Å². The maximum atomic E-state index is 12.9. The van der Waals surface area contributed by atoms with Crippen LogP contribution in [0.2, 0.25) is 5.02 Å². The summed E-state index contributed by atoms with van der Waals surface area (Å²) in [5, 5.41) is 0.0521. The van der Waals surface area contributed by atoms with Gasteiger partial charge in [-0.1, -0.05) is 27.5 Å². The third-order valence-electron chi connectivity index (χ3n) is 1.18. The SMILES string of the molecule is COc1cc(Br)cc(Cl)c1F. The Morgan fingerprint density at radius 1 is 1.55 bits per heavy atom. The molecule has 1 aromatic carbocycles. The Kier molecular flexibility index (Phi) is 2.73. The molecule has 0 aromatic heterocycles. The van der Waals surface area contributed by atoms with Crippen molar-refractivity contribution in [1.82, 2.24) is 0 Å². The van der Waals surface area contributed by atoms with Gasteiger partial charge in [0.2, 0.25) is 0 Å². The van der Waals surface area contributed by atoms with E-state index in [1.807, 2.05) is 0 Å². The molecule has 0 amide bonds. The van der Waals surface area contributed by atoms with Gasteiger partial charge in [-0.25, -0.2) is 4.39 Å². The van der Waals surface area contributed by atoms with E-state index in [0.29, 0.717) is 4.47 Å². The maximum absolute atomic E-state index is 12.9. The van der Waals surface area contributed by atoms with Crippen molar-refractivity contribution in [2.45, 2.75) is 0 Å². The van der Waals surface area contributed by atoms with Crippen LogP contribution in [-0.2, 0) is 0 Å². The van der Waals surface area contributed by atoms with Crippen LogP contribution in [0.4, 0.5) is 4.39 Å². The molecular weight excluding hydrogens is 234 g/mol. The zero-order valence-corrected chi connectivity index (χ0v) is 8.04. The molecule has 0 aliphatic rings. The summed E-state index contributed by atoms with van der Waals surface area (Å²) in [5.41, 5.74) is 0. The Labute approximate surface area is 77.2 Å². The van der Waals surface area contributed by atoms with Gasteiger partial charge in [0.1, 0.15) is 0 Å². The summed E-state index contributed by atoms with van der Waals surface area (Å²) in [6, 6.07) is 2.99. The van der Waals surface area contributed by atoms with Gasteiger partial charge in [-0.15, -0.1) is 0 Å².